The first kappa shape index (κ1) is 17.2. The fourth-order valence-electron chi connectivity index (χ4n) is 2.28. The fraction of sp³-hybridized carbons (Fsp3) is 0.167. The standard InChI is InChI=1S/C18H16FN3O2S/c1-25-15-8-3-2-7-14(15)20-16(23)9-10-17-21-18(22-24-17)12-5-4-6-13(19)11-12/h2-8,11H,9-10H2,1H3,(H,20,23). The van der Waals surface area contributed by atoms with Crippen molar-refractivity contribution in [3.8, 4) is 11.4 Å². The van der Waals surface area contributed by atoms with Crippen molar-refractivity contribution >= 4 is 23.4 Å². The number of carbonyl (C=O) groups is 1. The summed E-state index contributed by atoms with van der Waals surface area (Å²) in [4.78, 5) is 17.3. The highest BCUT2D eigenvalue weighted by molar-refractivity contribution is 7.98. The highest BCUT2D eigenvalue weighted by Crippen LogP contribution is 2.24. The monoisotopic (exact) mass is 357 g/mol. The first-order chi connectivity index (χ1) is 12.2. The first-order valence-corrected chi connectivity index (χ1v) is 8.89. The minimum Gasteiger partial charge on any atom is -0.339 e. The molecule has 7 heteroatoms. The zero-order valence-electron chi connectivity index (χ0n) is 13.5. The molecule has 0 atom stereocenters. The van der Waals surface area contributed by atoms with Gasteiger partial charge >= 0.3 is 0 Å². The zero-order chi connectivity index (χ0) is 17.6. The molecule has 0 radical (unpaired) electrons. The number of aryl methyl sites for hydroxylation is 1. The molecule has 5 nitrogen and oxygen atoms in total. The maximum Gasteiger partial charge on any atom is 0.227 e. The number of thioether (sulfide) groups is 1. The molecular weight excluding hydrogens is 341 g/mol. The summed E-state index contributed by atoms with van der Waals surface area (Å²) >= 11 is 1.57. The van der Waals surface area contributed by atoms with Crippen LogP contribution in [0.1, 0.15) is 12.3 Å². The predicted octanol–water partition coefficient (Wildman–Crippen LogP) is 4.17. The van der Waals surface area contributed by atoms with E-state index in [4.69, 9.17) is 4.52 Å². The van der Waals surface area contributed by atoms with Crippen molar-refractivity contribution in [1.29, 1.82) is 0 Å². The molecule has 128 valence electrons. The lowest BCUT2D eigenvalue weighted by Gasteiger charge is -2.08. The number of aromatic nitrogens is 2. The average molecular weight is 357 g/mol. The van der Waals surface area contributed by atoms with Gasteiger partial charge in [0.25, 0.3) is 0 Å². The van der Waals surface area contributed by atoms with Crippen molar-refractivity contribution < 1.29 is 13.7 Å². The molecule has 0 aliphatic rings. The summed E-state index contributed by atoms with van der Waals surface area (Å²) in [5, 5.41) is 6.71. The molecule has 25 heavy (non-hydrogen) atoms. The topological polar surface area (TPSA) is 68.0 Å². The Hall–Kier alpha value is -2.67. The van der Waals surface area contributed by atoms with E-state index in [-0.39, 0.29) is 18.1 Å². The maximum absolute atomic E-state index is 13.2. The number of hydrogen-bond donors (Lipinski definition) is 1. The van der Waals surface area contributed by atoms with Gasteiger partial charge in [-0.2, -0.15) is 4.98 Å². The summed E-state index contributed by atoms with van der Waals surface area (Å²) in [7, 11) is 0. The molecule has 0 unspecified atom stereocenters. The number of para-hydroxylation sites is 1. The number of benzene rings is 2. The molecule has 2 aromatic carbocycles. The Kier molecular flexibility index (Phi) is 5.45. The van der Waals surface area contributed by atoms with Gasteiger partial charge in [-0.05, 0) is 30.5 Å². The average Bonchev–Trinajstić information content (AvgIpc) is 3.09. The van der Waals surface area contributed by atoms with E-state index in [1.54, 1.807) is 23.9 Å². The van der Waals surface area contributed by atoms with Crippen molar-refractivity contribution in [2.75, 3.05) is 11.6 Å². The zero-order valence-corrected chi connectivity index (χ0v) is 14.3. The number of carbonyl (C=O) groups excluding carboxylic acids is 1. The highest BCUT2D eigenvalue weighted by atomic mass is 32.2. The van der Waals surface area contributed by atoms with Crippen LogP contribution in [0, 0.1) is 5.82 Å². The van der Waals surface area contributed by atoms with Crippen LogP contribution in [-0.4, -0.2) is 22.3 Å². The van der Waals surface area contributed by atoms with Crippen LogP contribution in [0.15, 0.2) is 57.9 Å². The van der Waals surface area contributed by atoms with E-state index in [2.05, 4.69) is 15.5 Å². The highest BCUT2D eigenvalue weighted by Gasteiger charge is 2.12. The third-order valence-corrected chi connectivity index (χ3v) is 4.29. The van der Waals surface area contributed by atoms with Crippen LogP contribution >= 0.6 is 11.8 Å². The van der Waals surface area contributed by atoms with Crippen LogP contribution in [0.4, 0.5) is 10.1 Å². The van der Waals surface area contributed by atoms with Gasteiger partial charge in [0, 0.05) is 23.3 Å². The first-order valence-electron chi connectivity index (χ1n) is 7.67. The smallest absolute Gasteiger partial charge is 0.227 e. The van der Waals surface area contributed by atoms with E-state index < -0.39 is 0 Å². The molecule has 0 saturated heterocycles. The lowest BCUT2D eigenvalue weighted by atomic mass is 10.2. The molecule has 3 rings (SSSR count). The van der Waals surface area contributed by atoms with E-state index in [0.29, 0.717) is 23.7 Å². The van der Waals surface area contributed by atoms with Gasteiger partial charge in [0.1, 0.15) is 5.82 Å². The van der Waals surface area contributed by atoms with Gasteiger partial charge in [0.2, 0.25) is 17.6 Å². The molecule has 1 amide bonds. The summed E-state index contributed by atoms with van der Waals surface area (Å²) < 4.78 is 18.4. The Morgan fingerprint density at radius 1 is 1.24 bits per heavy atom. The van der Waals surface area contributed by atoms with Crippen LogP contribution in [0.2, 0.25) is 0 Å². The third kappa shape index (κ3) is 4.45. The van der Waals surface area contributed by atoms with Crippen LogP contribution in [0.3, 0.4) is 0 Å². The second kappa shape index (κ2) is 7.94. The molecule has 1 N–H and O–H groups in total. The molecule has 0 aliphatic heterocycles. The van der Waals surface area contributed by atoms with Crippen molar-refractivity contribution in [1.82, 2.24) is 10.1 Å². The molecule has 0 spiro atoms. The Labute approximate surface area is 148 Å². The van der Waals surface area contributed by atoms with Crippen LogP contribution in [0.5, 0.6) is 0 Å². The Bertz CT molecular complexity index is 882. The maximum atomic E-state index is 13.2. The Balaban J connectivity index is 1.59. The van der Waals surface area contributed by atoms with E-state index in [0.717, 1.165) is 10.6 Å². The van der Waals surface area contributed by atoms with E-state index in [1.807, 2.05) is 30.5 Å². The summed E-state index contributed by atoms with van der Waals surface area (Å²) in [6.45, 7) is 0. The SMILES string of the molecule is CSc1ccccc1NC(=O)CCc1nc(-c2cccc(F)c2)no1. The van der Waals surface area contributed by atoms with E-state index in [1.165, 1.54) is 12.1 Å². The minimum atomic E-state index is -0.365. The van der Waals surface area contributed by atoms with Gasteiger partial charge in [0.05, 0.1) is 5.69 Å². The lowest BCUT2D eigenvalue weighted by molar-refractivity contribution is -0.116. The molecule has 0 aliphatic carbocycles. The van der Waals surface area contributed by atoms with Crippen LogP contribution in [0.25, 0.3) is 11.4 Å². The van der Waals surface area contributed by atoms with Gasteiger partial charge < -0.3 is 9.84 Å². The van der Waals surface area contributed by atoms with Crippen molar-refractivity contribution in [2.24, 2.45) is 0 Å². The number of halogens is 1. The number of nitrogens with zero attached hydrogens (tertiary/aromatic N) is 2. The quantitative estimate of drug-likeness (QED) is 0.671. The second-order valence-corrected chi connectivity index (χ2v) is 6.12. The number of amides is 1. The molecule has 3 aromatic rings. The second-order valence-electron chi connectivity index (χ2n) is 5.27. The van der Waals surface area contributed by atoms with E-state index in [9.17, 15) is 9.18 Å². The normalized spacial score (nSPS) is 10.6. The summed E-state index contributed by atoms with van der Waals surface area (Å²) in [5.74, 6) is 0.151. The lowest BCUT2D eigenvalue weighted by Crippen LogP contribution is -2.13. The van der Waals surface area contributed by atoms with Gasteiger partial charge in [-0.25, -0.2) is 4.39 Å². The minimum absolute atomic E-state index is 0.132. The van der Waals surface area contributed by atoms with Crippen LogP contribution in [-0.2, 0) is 11.2 Å². The molecule has 0 fully saturated rings. The fourth-order valence-corrected chi connectivity index (χ4v) is 2.84. The Morgan fingerprint density at radius 2 is 2.08 bits per heavy atom. The largest absolute Gasteiger partial charge is 0.339 e. The third-order valence-electron chi connectivity index (χ3n) is 3.50. The van der Waals surface area contributed by atoms with Crippen LogP contribution < -0.4 is 5.32 Å². The number of hydrogen-bond acceptors (Lipinski definition) is 5. The predicted molar refractivity (Wildman–Crippen MR) is 94.9 cm³/mol. The molecular formula is C18H16FN3O2S. The van der Waals surface area contributed by atoms with Gasteiger partial charge in [-0.1, -0.05) is 29.4 Å². The Morgan fingerprint density at radius 3 is 2.88 bits per heavy atom. The van der Waals surface area contributed by atoms with E-state index >= 15 is 0 Å². The molecule has 0 bridgehead atoms. The number of nitrogens with one attached hydrogen (secondary N) is 1. The summed E-state index contributed by atoms with van der Waals surface area (Å²) in [5.41, 5.74) is 1.32. The van der Waals surface area contributed by atoms with Crippen molar-refractivity contribution in [3.63, 3.8) is 0 Å². The molecule has 0 saturated carbocycles. The number of rotatable bonds is 6. The number of anilines is 1. The van der Waals surface area contributed by atoms with Gasteiger partial charge in [0.15, 0.2) is 0 Å². The van der Waals surface area contributed by atoms with Crippen molar-refractivity contribution in [3.05, 3.63) is 60.2 Å². The molecule has 1 heterocycles. The van der Waals surface area contributed by atoms with Crippen molar-refractivity contribution in [2.45, 2.75) is 17.7 Å². The van der Waals surface area contributed by atoms with Gasteiger partial charge in [-0.3, -0.25) is 4.79 Å². The summed E-state index contributed by atoms with van der Waals surface area (Å²) in [6, 6.07) is 13.6. The van der Waals surface area contributed by atoms with Gasteiger partial charge in [-0.15, -0.1) is 11.8 Å². The molecule has 1 aromatic heterocycles. The summed E-state index contributed by atoms with van der Waals surface area (Å²) in [6.07, 6.45) is 2.49.